The highest BCUT2D eigenvalue weighted by atomic mass is 28.3. The molecule has 0 aromatic rings. The van der Waals surface area contributed by atoms with Gasteiger partial charge in [-0.15, -0.1) is 0 Å². The van der Waals surface area contributed by atoms with Crippen LogP contribution in [0.2, 0.25) is 19.6 Å². The van der Waals surface area contributed by atoms with E-state index in [0.29, 0.717) is 6.42 Å². The van der Waals surface area contributed by atoms with Gasteiger partial charge in [-0.1, -0.05) is 19.6 Å². The summed E-state index contributed by atoms with van der Waals surface area (Å²) in [6.07, 6.45) is 1.49. The average molecular weight is 266 g/mol. The molecule has 100 valence electrons. The van der Waals surface area contributed by atoms with Gasteiger partial charge in [-0.25, -0.2) is 0 Å². The SMILES string of the molecule is C[Si](C)(C)C1=C(N2CCOCC2)O[C@H](CC#N)C1. The summed E-state index contributed by atoms with van der Waals surface area (Å²) in [6.45, 7) is 10.4. The molecule has 0 saturated carbocycles. The maximum atomic E-state index is 8.84. The number of morpholine rings is 1. The van der Waals surface area contributed by atoms with Crippen LogP contribution in [0.25, 0.3) is 0 Å². The molecular formula is C13H22N2O2Si. The van der Waals surface area contributed by atoms with Crippen molar-refractivity contribution in [1.82, 2.24) is 4.90 Å². The lowest BCUT2D eigenvalue weighted by atomic mass is 10.2. The largest absolute Gasteiger partial charge is 0.475 e. The van der Waals surface area contributed by atoms with Crippen molar-refractivity contribution in [3.8, 4) is 6.07 Å². The number of nitriles is 1. The van der Waals surface area contributed by atoms with Crippen LogP contribution in [0.3, 0.4) is 0 Å². The van der Waals surface area contributed by atoms with Crippen molar-refractivity contribution in [3.63, 3.8) is 0 Å². The van der Waals surface area contributed by atoms with E-state index in [1.807, 2.05) is 0 Å². The van der Waals surface area contributed by atoms with E-state index >= 15 is 0 Å². The lowest BCUT2D eigenvalue weighted by Crippen LogP contribution is -2.38. The zero-order chi connectivity index (χ0) is 13.2. The molecule has 0 aromatic carbocycles. The lowest BCUT2D eigenvalue weighted by molar-refractivity contribution is 0.00593. The molecule has 0 N–H and O–H groups in total. The standard InChI is InChI=1S/C13H22N2O2Si/c1-18(2,3)12-10-11(4-5-14)17-13(12)15-6-8-16-9-7-15/h11H,4,6-10H2,1-3H3/t11-/m1/s1. The number of hydrogen-bond acceptors (Lipinski definition) is 4. The Kier molecular flexibility index (Phi) is 3.98. The van der Waals surface area contributed by atoms with Crippen molar-refractivity contribution in [2.75, 3.05) is 26.3 Å². The van der Waals surface area contributed by atoms with Gasteiger partial charge >= 0.3 is 0 Å². The Bertz CT molecular complexity index is 375. The number of nitrogens with zero attached hydrogens (tertiary/aromatic N) is 2. The Hall–Kier alpha value is -0.993. The molecule has 18 heavy (non-hydrogen) atoms. The van der Waals surface area contributed by atoms with E-state index in [1.165, 1.54) is 5.20 Å². The Labute approximate surface area is 110 Å². The van der Waals surface area contributed by atoms with Crippen LogP contribution in [0.5, 0.6) is 0 Å². The minimum Gasteiger partial charge on any atom is -0.475 e. The summed E-state index contributed by atoms with van der Waals surface area (Å²) in [4.78, 5) is 2.30. The maximum Gasteiger partial charge on any atom is 0.185 e. The van der Waals surface area contributed by atoms with Crippen LogP contribution in [0.4, 0.5) is 0 Å². The highest BCUT2D eigenvalue weighted by Crippen LogP contribution is 2.35. The van der Waals surface area contributed by atoms with Crippen LogP contribution in [0.15, 0.2) is 11.1 Å². The molecule has 2 aliphatic rings. The average Bonchev–Trinajstić information content (AvgIpc) is 2.75. The van der Waals surface area contributed by atoms with E-state index in [0.717, 1.165) is 38.6 Å². The molecule has 0 radical (unpaired) electrons. The van der Waals surface area contributed by atoms with Crippen LogP contribution in [-0.4, -0.2) is 45.4 Å². The number of ether oxygens (including phenoxy) is 2. The monoisotopic (exact) mass is 266 g/mol. The topological polar surface area (TPSA) is 45.5 Å². The molecule has 0 spiro atoms. The summed E-state index contributed by atoms with van der Waals surface area (Å²) < 4.78 is 11.4. The first-order valence-electron chi connectivity index (χ1n) is 6.62. The second-order valence-corrected chi connectivity index (χ2v) is 11.0. The molecule has 0 aromatic heterocycles. The number of hydrogen-bond donors (Lipinski definition) is 0. The minimum atomic E-state index is -1.38. The summed E-state index contributed by atoms with van der Waals surface area (Å²) in [5.74, 6) is 1.07. The molecule has 0 bridgehead atoms. The molecule has 0 aliphatic carbocycles. The van der Waals surface area contributed by atoms with Crippen molar-refractivity contribution >= 4 is 8.07 Å². The van der Waals surface area contributed by atoms with E-state index in [9.17, 15) is 0 Å². The van der Waals surface area contributed by atoms with Crippen molar-refractivity contribution in [2.24, 2.45) is 0 Å². The molecule has 0 unspecified atom stereocenters. The smallest absolute Gasteiger partial charge is 0.185 e. The summed E-state index contributed by atoms with van der Waals surface area (Å²) >= 11 is 0. The van der Waals surface area contributed by atoms with Crippen LogP contribution in [-0.2, 0) is 9.47 Å². The van der Waals surface area contributed by atoms with Gasteiger partial charge in [0.1, 0.15) is 6.10 Å². The molecule has 0 amide bonds. The third-order valence-corrected chi connectivity index (χ3v) is 5.72. The zero-order valence-corrected chi connectivity index (χ0v) is 12.5. The Morgan fingerprint density at radius 1 is 1.33 bits per heavy atom. The fourth-order valence-electron chi connectivity index (χ4n) is 2.46. The van der Waals surface area contributed by atoms with Crippen LogP contribution < -0.4 is 0 Å². The predicted octanol–water partition coefficient (Wildman–Crippen LogP) is 2.11. The van der Waals surface area contributed by atoms with Gasteiger partial charge in [0.2, 0.25) is 0 Å². The molecule has 1 saturated heterocycles. The second kappa shape index (κ2) is 5.33. The highest BCUT2D eigenvalue weighted by molar-refractivity contribution is 6.83. The fourth-order valence-corrected chi connectivity index (χ4v) is 4.16. The molecule has 4 nitrogen and oxygen atoms in total. The van der Waals surface area contributed by atoms with Gasteiger partial charge in [-0.3, -0.25) is 0 Å². The molecular weight excluding hydrogens is 244 g/mol. The Balaban J connectivity index is 2.18. The van der Waals surface area contributed by atoms with Crippen LogP contribution >= 0.6 is 0 Å². The Morgan fingerprint density at radius 2 is 2.00 bits per heavy atom. The summed E-state index contributed by atoms with van der Waals surface area (Å²) in [5, 5.41) is 10.3. The van der Waals surface area contributed by atoms with Gasteiger partial charge in [0.25, 0.3) is 0 Å². The first-order valence-corrected chi connectivity index (χ1v) is 10.1. The fraction of sp³-hybridized carbons (Fsp3) is 0.769. The van der Waals surface area contributed by atoms with E-state index in [4.69, 9.17) is 14.7 Å². The van der Waals surface area contributed by atoms with Gasteiger partial charge in [-0.2, -0.15) is 5.26 Å². The summed E-state index contributed by atoms with van der Waals surface area (Å²) in [5.41, 5.74) is 0. The maximum absolute atomic E-state index is 8.84. The lowest BCUT2D eigenvalue weighted by Gasteiger charge is -2.31. The molecule has 2 heterocycles. The van der Waals surface area contributed by atoms with Gasteiger partial charge in [0.15, 0.2) is 5.88 Å². The van der Waals surface area contributed by atoms with E-state index in [2.05, 4.69) is 30.6 Å². The number of rotatable bonds is 3. The van der Waals surface area contributed by atoms with E-state index < -0.39 is 8.07 Å². The zero-order valence-electron chi connectivity index (χ0n) is 11.5. The first-order chi connectivity index (χ1) is 8.52. The second-order valence-electron chi connectivity index (χ2n) is 5.94. The van der Waals surface area contributed by atoms with Crippen molar-refractivity contribution in [2.45, 2.75) is 38.6 Å². The van der Waals surface area contributed by atoms with Crippen LogP contribution in [0, 0.1) is 11.3 Å². The van der Waals surface area contributed by atoms with E-state index in [1.54, 1.807) is 0 Å². The van der Waals surface area contributed by atoms with Crippen molar-refractivity contribution in [3.05, 3.63) is 11.1 Å². The van der Waals surface area contributed by atoms with E-state index in [-0.39, 0.29) is 6.10 Å². The normalized spacial score (nSPS) is 25.0. The molecule has 1 fully saturated rings. The Morgan fingerprint density at radius 3 is 2.56 bits per heavy atom. The summed E-state index contributed by atoms with van der Waals surface area (Å²) in [6, 6.07) is 2.23. The van der Waals surface area contributed by atoms with Crippen molar-refractivity contribution < 1.29 is 9.47 Å². The molecule has 2 rings (SSSR count). The molecule has 1 atom stereocenters. The van der Waals surface area contributed by atoms with Gasteiger partial charge in [-0.05, 0) is 5.20 Å². The highest BCUT2D eigenvalue weighted by Gasteiger charge is 2.36. The summed E-state index contributed by atoms with van der Waals surface area (Å²) in [7, 11) is -1.38. The molecule has 5 heteroatoms. The van der Waals surface area contributed by atoms with Gasteiger partial charge < -0.3 is 14.4 Å². The molecule has 2 aliphatic heterocycles. The van der Waals surface area contributed by atoms with Gasteiger partial charge in [0.05, 0.1) is 33.8 Å². The first kappa shape index (κ1) is 13.4. The van der Waals surface area contributed by atoms with Gasteiger partial charge in [0, 0.05) is 19.5 Å². The third kappa shape index (κ3) is 2.87. The minimum absolute atomic E-state index is 0.0644. The predicted molar refractivity (Wildman–Crippen MR) is 72.5 cm³/mol. The van der Waals surface area contributed by atoms with Crippen LogP contribution in [0.1, 0.15) is 12.8 Å². The van der Waals surface area contributed by atoms with Crippen molar-refractivity contribution in [1.29, 1.82) is 5.26 Å². The quantitative estimate of drug-likeness (QED) is 0.734. The third-order valence-electron chi connectivity index (χ3n) is 3.49.